The van der Waals surface area contributed by atoms with Gasteiger partial charge in [-0.25, -0.2) is 0 Å². The maximum atomic E-state index is 12.9. The first-order valence-corrected chi connectivity index (χ1v) is 9.33. The Kier molecular flexibility index (Phi) is 2.90. The molecule has 136 valence electrons. The van der Waals surface area contributed by atoms with Crippen molar-refractivity contribution in [1.29, 1.82) is 0 Å². The Morgan fingerprint density at radius 1 is 0.923 bits per heavy atom. The smallest absolute Gasteiger partial charge is 0.258 e. The second kappa shape index (κ2) is 4.65. The van der Waals surface area contributed by atoms with Crippen molar-refractivity contribution in [1.82, 2.24) is 9.80 Å². The summed E-state index contributed by atoms with van der Waals surface area (Å²) in [5.41, 5.74) is 1.83. The van der Waals surface area contributed by atoms with Crippen molar-refractivity contribution in [2.24, 2.45) is 10.8 Å². The van der Waals surface area contributed by atoms with Crippen LogP contribution >= 0.6 is 0 Å². The molecular formula is C21H25N3O2. The van der Waals surface area contributed by atoms with E-state index in [1.54, 1.807) is 4.90 Å². The highest BCUT2D eigenvalue weighted by molar-refractivity contribution is 6.32. The summed E-state index contributed by atoms with van der Waals surface area (Å²) in [4.78, 5) is 32.4. The summed E-state index contributed by atoms with van der Waals surface area (Å²) in [6.07, 6.45) is 2.15. The molecule has 0 N–H and O–H groups in total. The molecule has 1 aromatic rings. The lowest BCUT2D eigenvalue weighted by molar-refractivity contribution is -0.211. The molecule has 1 aromatic carbocycles. The van der Waals surface area contributed by atoms with Crippen molar-refractivity contribution in [3.05, 3.63) is 35.9 Å². The quantitative estimate of drug-likeness (QED) is 0.726. The number of rotatable bonds is 1. The minimum atomic E-state index is -0.330. The zero-order valence-corrected chi connectivity index (χ0v) is 15.9. The monoisotopic (exact) mass is 351 g/mol. The number of hydrogen-bond acceptors (Lipinski definition) is 4. The molecule has 4 fully saturated rings. The van der Waals surface area contributed by atoms with Gasteiger partial charge in [0, 0.05) is 44.4 Å². The zero-order valence-electron chi connectivity index (χ0n) is 15.9. The van der Waals surface area contributed by atoms with E-state index in [0.717, 1.165) is 43.0 Å². The van der Waals surface area contributed by atoms with Gasteiger partial charge in [-0.15, -0.1) is 0 Å². The van der Waals surface area contributed by atoms with E-state index in [1.807, 2.05) is 31.3 Å². The van der Waals surface area contributed by atoms with E-state index in [4.69, 9.17) is 0 Å². The number of benzene rings is 1. The predicted molar refractivity (Wildman–Crippen MR) is 101 cm³/mol. The van der Waals surface area contributed by atoms with Crippen molar-refractivity contribution in [3.8, 4) is 0 Å². The maximum Gasteiger partial charge on any atom is 0.258 e. The molecule has 26 heavy (non-hydrogen) atoms. The molecule has 5 heterocycles. The van der Waals surface area contributed by atoms with Crippen molar-refractivity contribution in [2.45, 2.75) is 26.4 Å². The number of anilines is 1. The Labute approximate surface area is 154 Å². The van der Waals surface area contributed by atoms with E-state index in [9.17, 15) is 9.59 Å². The standard InChI is InChI=1S/C21H25N3O2/c1-19-10-23-12-20(2,18(19)26)13-24(11-19)21(23,3)9-15-14-7-5-6-8-16(14)22(4)17(15)25/h5-9H,10-13H2,1-4H3/b15-9-. The summed E-state index contributed by atoms with van der Waals surface area (Å²) < 4.78 is 0. The van der Waals surface area contributed by atoms with E-state index in [2.05, 4.69) is 36.6 Å². The molecule has 0 spiro atoms. The van der Waals surface area contributed by atoms with Gasteiger partial charge in [0.1, 0.15) is 5.78 Å². The van der Waals surface area contributed by atoms with Crippen molar-refractivity contribution in [3.63, 3.8) is 0 Å². The Morgan fingerprint density at radius 3 is 2.04 bits per heavy atom. The molecule has 0 unspecified atom stereocenters. The highest BCUT2D eigenvalue weighted by atomic mass is 16.2. The number of carbonyl (C=O) groups is 2. The van der Waals surface area contributed by atoms with E-state index in [-0.39, 0.29) is 22.4 Å². The third kappa shape index (κ3) is 1.78. The van der Waals surface area contributed by atoms with Gasteiger partial charge in [-0.3, -0.25) is 19.4 Å². The minimum Gasteiger partial charge on any atom is -0.311 e. The molecule has 0 aliphatic carbocycles. The predicted octanol–water partition coefficient (Wildman–Crippen LogP) is 1.99. The number of fused-ring (bicyclic) bond motifs is 1. The van der Waals surface area contributed by atoms with Crippen LogP contribution in [-0.2, 0) is 9.59 Å². The first kappa shape index (κ1) is 16.2. The number of piperidine rings is 2. The third-order valence-electron chi connectivity index (χ3n) is 7.04. The van der Waals surface area contributed by atoms with Gasteiger partial charge in [-0.1, -0.05) is 32.0 Å². The molecule has 5 aliphatic heterocycles. The Hall–Kier alpha value is -1.98. The SMILES string of the molecule is CN1C(=O)/C(=C\C2(C)N3CC4(C)CN2CC(C)(C3)C4=O)c2ccccc21. The average molecular weight is 351 g/mol. The highest BCUT2D eigenvalue weighted by Gasteiger charge is 2.65. The van der Waals surface area contributed by atoms with Crippen LogP contribution in [0, 0.1) is 10.8 Å². The summed E-state index contributed by atoms with van der Waals surface area (Å²) in [6.45, 7) is 9.47. The number of hydrogen-bond donors (Lipinski definition) is 0. The van der Waals surface area contributed by atoms with Crippen LogP contribution in [0.1, 0.15) is 26.3 Å². The molecule has 0 aromatic heterocycles. The average Bonchev–Trinajstić information content (AvgIpc) is 2.82. The maximum absolute atomic E-state index is 12.9. The number of ketones is 1. The molecule has 6 rings (SSSR count). The number of amides is 1. The van der Waals surface area contributed by atoms with Crippen molar-refractivity contribution in [2.75, 3.05) is 38.1 Å². The molecular weight excluding hydrogens is 326 g/mol. The van der Waals surface area contributed by atoms with Crippen LogP contribution in [0.25, 0.3) is 5.57 Å². The van der Waals surface area contributed by atoms with Gasteiger partial charge in [0.2, 0.25) is 0 Å². The van der Waals surface area contributed by atoms with Gasteiger partial charge in [0.25, 0.3) is 5.91 Å². The molecule has 4 bridgehead atoms. The molecule has 0 atom stereocenters. The summed E-state index contributed by atoms with van der Waals surface area (Å²) >= 11 is 0. The lowest BCUT2D eigenvalue weighted by Gasteiger charge is -2.68. The lowest BCUT2D eigenvalue weighted by atomic mass is 9.60. The van der Waals surface area contributed by atoms with Crippen LogP contribution in [0.4, 0.5) is 5.69 Å². The Morgan fingerprint density at radius 2 is 1.46 bits per heavy atom. The second-order valence-corrected chi connectivity index (χ2v) is 9.20. The topological polar surface area (TPSA) is 43.9 Å². The fourth-order valence-electron chi connectivity index (χ4n) is 5.75. The van der Waals surface area contributed by atoms with E-state index >= 15 is 0 Å². The lowest BCUT2D eigenvalue weighted by Crippen LogP contribution is -2.81. The van der Waals surface area contributed by atoms with Crippen LogP contribution in [0.5, 0.6) is 0 Å². The van der Waals surface area contributed by atoms with Gasteiger partial charge in [-0.2, -0.15) is 0 Å². The minimum absolute atomic E-state index is 0.0529. The highest BCUT2D eigenvalue weighted by Crippen LogP contribution is 2.52. The second-order valence-electron chi connectivity index (χ2n) is 9.20. The number of likely N-dealkylation sites (N-methyl/N-ethyl adjacent to an activating group) is 1. The van der Waals surface area contributed by atoms with Crippen LogP contribution in [-0.4, -0.2) is 60.4 Å². The summed E-state index contributed by atoms with van der Waals surface area (Å²) in [5, 5.41) is 0. The normalized spacial score (nSPS) is 44.9. The van der Waals surface area contributed by atoms with E-state index in [1.165, 1.54) is 0 Å². The molecule has 5 nitrogen and oxygen atoms in total. The van der Waals surface area contributed by atoms with Gasteiger partial charge in [-0.05, 0) is 19.1 Å². The zero-order chi connectivity index (χ0) is 18.5. The molecule has 5 heteroatoms. The van der Waals surface area contributed by atoms with Gasteiger partial charge < -0.3 is 4.90 Å². The van der Waals surface area contributed by atoms with Gasteiger partial charge in [0.05, 0.1) is 22.2 Å². The van der Waals surface area contributed by atoms with Crippen molar-refractivity contribution >= 4 is 23.0 Å². The Bertz CT molecular complexity index is 847. The Balaban J connectivity index is 1.61. The first-order valence-electron chi connectivity index (χ1n) is 9.33. The molecule has 1 amide bonds. The van der Waals surface area contributed by atoms with Crippen molar-refractivity contribution < 1.29 is 9.59 Å². The fourth-order valence-corrected chi connectivity index (χ4v) is 5.75. The van der Waals surface area contributed by atoms with Gasteiger partial charge >= 0.3 is 0 Å². The number of para-hydroxylation sites is 1. The van der Waals surface area contributed by atoms with Crippen LogP contribution in [0.2, 0.25) is 0 Å². The van der Waals surface area contributed by atoms with Gasteiger partial charge in [0.15, 0.2) is 0 Å². The van der Waals surface area contributed by atoms with Crippen LogP contribution < -0.4 is 4.90 Å². The van der Waals surface area contributed by atoms with E-state index < -0.39 is 0 Å². The van der Waals surface area contributed by atoms with Crippen LogP contribution in [0.15, 0.2) is 30.3 Å². The molecule has 4 saturated heterocycles. The number of nitrogens with zero attached hydrogens (tertiary/aromatic N) is 3. The fraction of sp³-hybridized carbons (Fsp3) is 0.524. The van der Waals surface area contributed by atoms with E-state index in [0.29, 0.717) is 5.78 Å². The number of carbonyl (C=O) groups excluding carboxylic acids is 2. The van der Waals surface area contributed by atoms with Crippen LogP contribution in [0.3, 0.4) is 0 Å². The molecule has 0 saturated carbocycles. The summed E-state index contributed by atoms with van der Waals surface area (Å²) in [5.74, 6) is 0.464. The first-order chi connectivity index (χ1) is 12.2. The number of Topliss-reactive ketones (excluding diaryl/α,β-unsaturated/α-hetero) is 1. The molecule has 0 radical (unpaired) electrons. The molecule has 5 aliphatic rings. The summed E-state index contributed by atoms with van der Waals surface area (Å²) in [7, 11) is 1.84. The third-order valence-corrected chi connectivity index (χ3v) is 7.04. The largest absolute Gasteiger partial charge is 0.311 e. The summed E-state index contributed by atoms with van der Waals surface area (Å²) in [6, 6.07) is 7.98.